The maximum absolute atomic E-state index is 13.3. The van der Waals surface area contributed by atoms with Crippen LogP contribution >= 0.6 is 11.6 Å². The number of carboxylic acids is 1. The summed E-state index contributed by atoms with van der Waals surface area (Å²) in [5.41, 5.74) is 2.15. The third kappa shape index (κ3) is 6.00. The second-order valence-corrected chi connectivity index (χ2v) is 11.4. The number of carbonyl (C=O) groups excluding carboxylic acids is 3. The van der Waals surface area contributed by atoms with Gasteiger partial charge in [0.15, 0.2) is 0 Å². The van der Waals surface area contributed by atoms with Crippen molar-refractivity contribution in [2.45, 2.75) is 31.3 Å². The highest BCUT2D eigenvalue weighted by molar-refractivity contribution is 6.41. The van der Waals surface area contributed by atoms with Gasteiger partial charge in [0, 0.05) is 56.0 Å². The Hall–Kier alpha value is -4.40. The maximum atomic E-state index is 13.3. The number of carboxylic acid groups (broad SMARTS) is 1. The zero-order valence-corrected chi connectivity index (χ0v) is 24.5. The molecule has 15 heteroatoms. The van der Waals surface area contributed by atoms with Crippen molar-refractivity contribution in [1.82, 2.24) is 30.0 Å². The normalized spacial score (nSPS) is 20.7. The van der Waals surface area contributed by atoms with Crippen LogP contribution in [-0.4, -0.2) is 117 Å². The second-order valence-electron chi connectivity index (χ2n) is 11.0. The van der Waals surface area contributed by atoms with E-state index in [-0.39, 0.29) is 31.5 Å². The third-order valence-corrected chi connectivity index (χ3v) is 8.55. The number of amides is 3. The van der Waals surface area contributed by atoms with Gasteiger partial charge in [-0.25, -0.2) is 4.79 Å². The second kappa shape index (κ2) is 12.7. The summed E-state index contributed by atoms with van der Waals surface area (Å²) in [5, 5.41) is 21.5. The molecular weight excluding hydrogens is 592 g/mol. The first kappa shape index (κ1) is 29.7. The summed E-state index contributed by atoms with van der Waals surface area (Å²) in [6, 6.07) is 10.9. The van der Waals surface area contributed by atoms with E-state index in [4.69, 9.17) is 16.3 Å². The lowest BCUT2D eigenvalue weighted by Gasteiger charge is -2.40. The monoisotopic (exact) mass is 622 g/mol. The van der Waals surface area contributed by atoms with Crippen molar-refractivity contribution >= 4 is 46.7 Å². The number of aliphatic carboxylic acids is 1. The number of rotatable bonds is 8. The van der Waals surface area contributed by atoms with Gasteiger partial charge in [-0.2, -0.15) is 4.68 Å². The number of hydrogen-bond donors (Lipinski definition) is 1. The van der Waals surface area contributed by atoms with E-state index in [0.29, 0.717) is 41.7 Å². The van der Waals surface area contributed by atoms with Crippen LogP contribution in [0.3, 0.4) is 0 Å². The maximum Gasteiger partial charge on any atom is 0.326 e. The van der Waals surface area contributed by atoms with E-state index in [2.05, 4.69) is 20.4 Å². The van der Waals surface area contributed by atoms with Crippen molar-refractivity contribution in [1.29, 1.82) is 0 Å². The highest BCUT2D eigenvalue weighted by Crippen LogP contribution is 2.30. The van der Waals surface area contributed by atoms with Crippen LogP contribution in [0.4, 0.5) is 11.4 Å². The van der Waals surface area contributed by atoms with E-state index in [9.17, 15) is 24.3 Å². The van der Waals surface area contributed by atoms with Crippen LogP contribution in [0.1, 0.15) is 18.4 Å². The minimum atomic E-state index is -1.26. The Bertz CT molecular complexity index is 1550. The van der Waals surface area contributed by atoms with Crippen molar-refractivity contribution in [3.05, 3.63) is 59.4 Å². The molecule has 2 atom stereocenters. The zero-order chi connectivity index (χ0) is 30.8. The summed E-state index contributed by atoms with van der Waals surface area (Å²) in [6.45, 7) is 3.08. The Labute approximate surface area is 257 Å². The molecule has 0 spiro atoms. The van der Waals surface area contributed by atoms with Crippen molar-refractivity contribution < 1.29 is 29.0 Å². The molecule has 3 aliphatic heterocycles. The number of piperazine rings is 2. The number of tetrazole rings is 1. The average molecular weight is 623 g/mol. The number of anilines is 2. The summed E-state index contributed by atoms with van der Waals surface area (Å²) < 4.78 is 6.93. The van der Waals surface area contributed by atoms with Crippen LogP contribution in [0.2, 0.25) is 5.02 Å². The zero-order valence-electron chi connectivity index (χ0n) is 23.8. The smallest absolute Gasteiger partial charge is 0.326 e. The molecule has 6 rings (SSSR count). The molecule has 4 heterocycles. The van der Waals surface area contributed by atoms with Gasteiger partial charge in [0.1, 0.15) is 12.4 Å². The van der Waals surface area contributed by atoms with Gasteiger partial charge in [0.25, 0.3) is 0 Å². The summed E-state index contributed by atoms with van der Waals surface area (Å²) in [7, 11) is 0. The quantitative estimate of drug-likeness (QED) is 0.360. The van der Waals surface area contributed by atoms with Gasteiger partial charge in [-0.15, -0.1) is 5.10 Å². The minimum Gasteiger partial charge on any atom is -0.480 e. The van der Waals surface area contributed by atoms with Gasteiger partial charge in [-0.3, -0.25) is 19.3 Å². The molecule has 0 saturated carbocycles. The predicted molar refractivity (Wildman–Crippen MR) is 158 cm³/mol. The van der Waals surface area contributed by atoms with Crippen LogP contribution in [0.5, 0.6) is 0 Å². The largest absolute Gasteiger partial charge is 0.480 e. The fourth-order valence-corrected chi connectivity index (χ4v) is 6.17. The predicted octanol–water partition coefficient (Wildman–Crippen LogP) is 1.01. The Morgan fingerprint density at radius 1 is 1.00 bits per heavy atom. The van der Waals surface area contributed by atoms with Crippen LogP contribution in [0, 0.1) is 0 Å². The van der Waals surface area contributed by atoms with Gasteiger partial charge in [0.2, 0.25) is 5.91 Å². The molecule has 3 saturated heterocycles. The number of halogens is 1. The Kier molecular flexibility index (Phi) is 8.55. The number of carbonyl (C=O) groups is 4. The molecule has 3 aromatic rings. The number of hydrogen-bond acceptors (Lipinski definition) is 9. The fourth-order valence-electron chi connectivity index (χ4n) is 6.01. The lowest BCUT2D eigenvalue weighted by molar-refractivity contribution is -0.155. The molecule has 3 amide bonds. The summed E-state index contributed by atoms with van der Waals surface area (Å²) in [4.78, 5) is 58.2. The summed E-state index contributed by atoms with van der Waals surface area (Å²) in [6.07, 6.45) is 3.37. The molecule has 14 nitrogen and oxygen atoms in total. The van der Waals surface area contributed by atoms with Crippen molar-refractivity contribution in [3.8, 4) is 5.69 Å². The molecule has 1 N–H and O–H groups in total. The standard InChI is InChI=1S/C29H31ClN8O6/c30-20-5-8-23(38-18-31-32-33-38)24(15-20)36-11-12-37(28(41)27(36)40)25(29(42)43)14-19-3-6-21(7-4-19)35-10-9-34(16-26(35)39)22-2-1-13-44-17-22/h3-8,15,18,22,25H,1-2,9-14,16-17H2,(H,42,43)/t22?,25-/m0/s1. The molecule has 44 heavy (non-hydrogen) atoms. The lowest BCUT2D eigenvalue weighted by Crippen LogP contribution is -2.59. The van der Waals surface area contributed by atoms with E-state index >= 15 is 0 Å². The first-order valence-corrected chi connectivity index (χ1v) is 14.8. The SMILES string of the molecule is O=C(O)[C@H](Cc1ccc(N2CCN(C3CCCOC3)CC2=O)cc1)N1CCN(c2cc(Cl)ccc2-n2cnnn2)C(=O)C1=O. The van der Waals surface area contributed by atoms with Crippen molar-refractivity contribution in [3.63, 3.8) is 0 Å². The highest BCUT2D eigenvalue weighted by atomic mass is 35.5. The highest BCUT2D eigenvalue weighted by Gasteiger charge is 2.40. The van der Waals surface area contributed by atoms with Crippen LogP contribution in [0.15, 0.2) is 48.8 Å². The summed E-state index contributed by atoms with van der Waals surface area (Å²) in [5.74, 6) is -3.04. The molecule has 0 radical (unpaired) electrons. The van der Waals surface area contributed by atoms with Gasteiger partial charge < -0.3 is 24.5 Å². The minimum absolute atomic E-state index is 0.00269. The number of nitrogens with zero attached hydrogens (tertiary/aromatic N) is 8. The fraction of sp³-hybridized carbons (Fsp3) is 0.414. The van der Waals surface area contributed by atoms with Gasteiger partial charge >= 0.3 is 17.8 Å². The number of ether oxygens (including phenoxy) is 1. The van der Waals surface area contributed by atoms with E-state index in [1.165, 1.54) is 22.0 Å². The molecule has 3 fully saturated rings. The summed E-state index contributed by atoms with van der Waals surface area (Å²) >= 11 is 6.20. The first-order chi connectivity index (χ1) is 21.3. The molecule has 0 aliphatic carbocycles. The topological polar surface area (TPSA) is 154 Å². The van der Waals surface area contributed by atoms with Crippen molar-refractivity contribution in [2.24, 2.45) is 0 Å². The van der Waals surface area contributed by atoms with E-state index in [1.807, 2.05) is 0 Å². The van der Waals surface area contributed by atoms with Gasteiger partial charge in [0.05, 0.1) is 24.5 Å². The Balaban J connectivity index is 1.12. The van der Waals surface area contributed by atoms with Crippen LogP contribution in [-0.2, 0) is 30.3 Å². The third-order valence-electron chi connectivity index (χ3n) is 8.32. The van der Waals surface area contributed by atoms with Crippen LogP contribution < -0.4 is 9.80 Å². The molecule has 230 valence electrons. The first-order valence-electron chi connectivity index (χ1n) is 14.4. The van der Waals surface area contributed by atoms with Gasteiger partial charge in [-0.05, 0) is 59.2 Å². The van der Waals surface area contributed by atoms with Crippen molar-refractivity contribution in [2.75, 3.05) is 55.7 Å². The van der Waals surface area contributed by atoms with E-state index in [0.717, 1.165) is 36.6 Å². The van der Waals surface area contributed by atoms with Gasteiger partial charge in [-0.1, -0.05) is 23.7 Å². The van der Waals surface area contributed by atoms with E-state index in [1.54, 1.807) is 41.3 Å². The number of benzene rings is 2. The molecule has 3 aliphatic rings. The van der Waals surface area contributed by atoms with E-state index < -0.39 is 23.8 Å². The molecule has 1 aromatic heterocycles. The molecular formula is C29H31ClN8O6. The Morgan fingerprint density at radius 2 is 1.80 bits per heavy atom. The number of aromatic nitrogens is 4. The Morgan fingerprint density at radius 3 is 2.48 bits per heavy atom. The average Bonchev–Trinajstić information content (AvgIpc) is 3.57. The molecule has 1 unspecified atom stereocenters. The molecule has 0 bridgehead atoms. The molecule has 2 aromatic carbocycles. The van der Waals surface area contributed by atoms with Crippen LogP contribution in [0.25, 0.3) is 5.69 Å². The lowest BCUT2D eigenvalue weighted by atomic mass is 10.0.